The summed E-state index contributed by atoms with van der Waals surface area (Å²) in [7, 11) is -3.43. The number of rotatable bonds is 8. The minimum absolute atomic E-state index is 0.211. The summed E-state index contributed by atoms with van der Waals surface area (Å²) in [5.74, 6) is 1.11. The molecule has 0 spiro atoms. The average molecular weight is 304 g/mol. The van der Waals surface area contributed by atoms with Crippen molar-refractivity contribution >= 4 is 33.1 Å². The Labute approximate surface area is 116 Å². The van der Waals surface area contributed by atoms with Gasteiger partial charge in [-0.25, -0.2) is 13.1 Å². The molecule has 0 atom stereocenters. The molecule has 4 nitrogen and oxygen atoms in total. The third kappa shape index (κ3) is 4.98. The molecule has 0 amide bonds. The van der Waals surface area contributed by atoms with E-state index < -0.39 is 10.0 Å². The van der Waals surface area contributed by atoms with E-state index in [2.05, 4.69) is 11.0 Å². The van der Waals surface area contributed by atoms with Crippen molar-refractivity contribution in [3.05, 3.63) is 17.0 Å². The number of nitrogens with one attached hydrogen (secondary N) is 1. The number of unbranched alkanes of at least 4 members (excludes halogenated alkanes) is 2. The molecule has 1 aromatic heterocycles. The lowest BCUT2D eigenvalue weighted by atomic mass is 10.2. The Hall–Kier alpha value is -0.550. The molecule has 0 fully saturated rings. The number of hydrogen-bond acceptors (Lipinski definition) is 5. The van der Waals surface area contributed by atoms with Crippen LogP contribution < -0.4 is 4.72 Å². The summed E-state index contributed by atoms with van der Waals surface area (Å²) in [5.41, 5.74) is 0. The van der Waals surface area contributed by atoms with Crippen LogP contribution in [-0.2, 0) is 10.0 Å². The van der Waals surface area contributed by atoms with Crippen LogP contribution in [0.2, 0.25) is 0 Å². The van der Waals surface area contributed by atoms with Crippen molar-refractivity contribution in [1.82, 2.24) is 4.72 Å². The molecule has 0 aliphatic heterocycles. The highest BCUT2D eigenvalue weighted by Gasteiger charge is 2.15. The second kappa shape index (κ2) is 7.79. The maximum atomic E-state index is 11.8. The number of thioether (sulfide) groups is 1. The topological polar surface area (TPSA) is 70.0 Å². The number of sulfonamides is 1. The highest BCUT2D eigenvalue weighted by atomic mass is 32.2. The normalized spacial score (nSPS) is 11.3. The van der Waals surface area contributed by atoms with Crippen LogP contribution in [0.25, 0.3) is 0 Å². The van der Waals surface area contributed by atoms with E-state index in [-0.39, 0.29) is 4.21 Å². The van der Waals surface area contributed by atoms with Crippen LogP contribution in [0.3, 0.4) is 0 Å². The number of nitrogens with zero attached hydrogens (tertiary/aromatic N) is 1. The monoisotopic (exact) mass is 304 g/mol. The number of hydrogen-bond donors (Lipinski definition) is 1. The lowest BCUT2D eigenvalue weighted by molar-refractivity contribution is 0.578. The molecule has 18 heavy (non-hydrogen) atoms. The summed E-state index contributed by atoms with van der Waals surface area (Å²) in [6, 6.07) is 4.93. The molecule has 1 aromatic rings. The largest absolute Gasteiger partial charge is 0.250 e. The zero-order valence-corrected chi connectivity index (χ0v) is 12.6. The Morgan fingerprint density at radius 3 is 2.78 bits per heavy atom. The lowest BCUT2D eigenvalue weighted by Gasteiger charge is -2.04. The first kappa shape index (κ1) is 15.5. The van der Waals surface area contributed by atoms with Gasteiger partial charge in [0.05, 0.1) is 0 Å². The van der Waals surface area contributed by atoms with E-state index in [1.54, 1.807) is 11.8 Å². The molecular weight excluding hydrogens is 288 g/mol. The smallest absolute Gasteiger partial charge is 0.210 e. The minimum atomic E-state index is -3.43. The van der Waals surface area contributed by atoms with Crippen molar-refractivity contribution in [1.29, 1.82) is 5.26 Å². The third-order valence-corrected chi connectivity index (χ3v) is 5.91. The molecule has 0 aliphatic carbocycles. The molecule has 0 aliphatic rings. The first-order chi connectivity index (χ1) is 8.60. The van der Waals surface area contributed by atoms with Crippen molar-refractivity contribution in [3.8, 4) is 6.07 Å². The minimum Gasteiger partial charge on any atom is -0.210 e. The summed E-state index contributed by atoms with van der Waals surface area (Å²) in [6.45, 7) is 0.455. The number of nitriles is 1. The second-order valence-corrected chi connectivity index (χ2v) is 7.74. The molecule has 1 heterocycles. The quantitative estimate of drug-likeness (QED) is 0.749. The summed E-state index contributed by atoms with van der Waals surface area (Å²) >= 11 is 2.80. The van der Waals surface area contributed by atoms with E-state index in [1.165, 1.54) is 12.1 Å². The van der Waals surface area contributed by atoms with E-state index in [4.69, 9.17) is 5.26 Å². The van der Waals surface area contributed by atoms with Crippen molar-refractivity contribution in [2.45, 2.75) is 23.5 Å². The van der Waals surface area contributed by atoms with Gasteiger partial charge in [-0.2, -0.15) is 17.0 Å². The first-order valence-corrected chi connectivity index (χ1v) is 9.28. The fourth-order valence-corrected chi connectivity index (χ4v) is 4.07. The van der Waals surface area contributed by atoms with Gasteiger partial charge < -0.3 is 0 Å². The van der Waals surface area contributed by atoms with Crippen LogP contribution in [0.15, 0.2) is 16.3 Å². The Kier molecular flexibility index (Phi) is 6.71. The van der Waals surface area contributed by atoms with Gasteiger partial charge >= 0.3 is 0 Å². The van der Waals surface area contributed by atoms with Crippen molar-refractivity contribution in [3.63, 3.8) is 0 Å². The molecule has 100 valence electrons. The van der Waals surface area contributed by atoms with E-state index in [0.29, 0.717) is 11.4 Å². The highest BCUT2D eigenvalue weighted by molar-refractivity contribution is 7.98. The summed E-state index contributed by atoms with van der Waals surface area (Å²) in [5, 5.41) is 8.66. The van der Waals surface area contributed by atoms with Gasteiger partial charge in [0.1, 0.15) is 15.2 Å². The predicted molar refractivity (Wildman–Crippen MR) is 76.5 cm³/mol. The zero-order chi connectivity index (χ0) is 13.4. The molecule has 0 bridgehead atoms. The van der Waals surface area contributed by atoms with Gasteiger partial charge in [-0.15, -0.1) is 11.3 Å². The third-order valence-electron chi connectivity index (χ3n) is 2.27. The second-order valence-electron chi connectivity index (χ2n) is 3.68. The van der Waals surface area contributed by atoms with Gasteiger partial charge in [0.2, 0.25) is 10.0 Å². The van der Waals surface area contributed by atoms with Crippen molar-refractivity contribution in [2.24, 2.45) is 0 Å². The van der Waals surface area contributed by atoms with E-state index in [0.717, 1.165) is 36.4 Å². The Bertz CT molecular complexity index is 503. The average Bonchev–Trinajstić information content (AvgIpc) is 2.83. The standard InChI is InChI=1S/C11H16N2O2S3/c1-16-8-4-2-3-7-13-18(14,15)11-6-5-10(9-12)17-11/h5-6,13H,2-4,7-8H2,1H3. The van der Waals surface area contributed by atoms with Crippen LogP contribution in [0.1, 0.15) is 24.1 Å². The Morgan fingerprint density at radius 1 is 1.39 bits per heavy atom. The molecule has 0 unspecified atom stereocenters. The summed E-state index contributed by atoms with van der Waals surface area (Å²) in [6.07, 6.45) is 5.04. The fourth-order valence-electron chi connectivity index (χ4n) is 1.35. The summed E-state index contributed by atoms with van der Waals surface area (Å²) < 4.78 is 26.4. The predicted octanol–water partition coefficient (Wildman–Crippen LogP) is 2.43. The molecule has 1 N–H and O–H groups in total. The summed E-state index contributed by atoms with van der Waals surface area (Å²) in [4.78, 5) is 0.412. The molecule has 0 aromatic carbocycles. The van der Waals surface area contributed by atoms with Crippen molar-refractivity contribution in [2.75, 3.05) is 18.6 Å². The van der Waals surface area contributed by atoms with E-state index in [1.807, 2.05) is 6.07 Å². The zero-order valence-electron chi connectivity index (χ0n) is 10.2. The Morgan fingerprint density at radius 2 is 2.17 bits per heavy atom. The molecule has 0 saturated heterocycles. The van der Waals surface area contributed by atoms with Gasteiger partial charge in [0.25, 0.3) is 0 Å². The van der Waals surface area contributed by atoms with Gasteiger partial charge in [-0.1, -0.05) is 6.42 Å². The molecule has 7 heteroatoms. The maximum absolute atomic E-state index is 11.8. The molecule has 1 rings (SSSR count). The first-order valence-electron chi connectivity index (χ1n) is 5.58. The number of thiophene rings is 1. The van der Waals surface area contributed by atoms with Gasteiger partial charge in [0, 0.05) is 6.54 Å². The SMILES string of the molecule is CSCCCCCNS(=O)(=O)c1ccc(C#N)s1. The van der Waals surface area contributed by atoms with Gasteiger partial charge in [0.15, 0.2) is 0 Å². The van der Waals surface area contributed by atoms with Crippen molar-refractivity contribution < 1.29 is 8.42 Å². The van der Waals surface area contributed by atoms with Gasteiger partial charge in [-0.05, 0) is 37.0 Å². The Balaban J connectivity index is 2.39. The van der Waals surface area contributed by atoms with Crippen LogP contribution in [-0.4, -0.2) is 27.0 Å². The van der Waals surface area contributed by atoms with Crippen LogP contribution in [0, 0.1) is 11.3 Å². The highest BCUT2D eigenvalue weighted by Crippen LogP contribution is 2.20. The fraction of sp³-hybridized carbons (Fsp3) is 0.545. The molecular formula is C11H16N2O2S3. The van der Waals surface area contributed by atoms with Crippen LogP contribution in [0.5, 0.6) is 0 Å². The lowest BCUT2D eigenvalue weighted by Crippen LogP contribution is -2.23. The van der Waals surface area contributed by atoms with E-state index in [9.17, 15) is 8.42 Å². The van der Waals surface area contributed by atoms with Gasteiger partial charge in [-0.3, -0.25) is 0 Å². The maximum Gasteiger partial charge on any atom is 0.250 e. The van der Waals surface area contributed by atoms with Crippen LogP contribution >= 0.6 is 23.1 Å². The molecule has 0 radical (unpaired) electrons. The molecule has 0 saturated carbocycles. The van der Waals surface area contributed by atoms with E-state index >= 15 is 0 Å². The van der Waals surface area contributed by atoms with Crippen LogP contribution in [0.4, 0.5) is 0 Å².